The van der Waals surface area contributed by atoms with Crippen LogP contribution in [0.15, 0.2) is 249 Å². The van der Waals surface area contributed by atoms with Crippen LogP contribution in [0.1, 0.15) is 11.0 Å². The van der Waals surface area contributed by atoms with Crippen LogP contribution >= 0.6 is 0 Å². The fraction of sp³-hybridized carbons (Fsp3) is 0. The minimum absolute atomic E-state index is 0.101. The third kappa shape index (κ3) is 6.83. The first-order valence-electron chi connectivity index (χ1n) is 24.4. The van der Waals surface area contributed by atoms with Crippen molar-refractivity contribution in [3.63, 3.8) is 0 Å². The first kappa shape index (κ1) is 28.4. The molecular formula is C60H41N. The molecule has 0 radical (unpaired) electrons. The molecule has 0 fully saturated rings. The third-order valence-corrected chi connectivity index (χ3v) is 11.4. The topological polar surface area (TPSA) is 3.24 Å². The van der Waals surface area contributed by atoms with Crippen LogP contribution in [0.5, 0.6) is 0 Å². The van der Waals surface area contributed by atoms with Crippen LogP contribution in [-0.2, 0) is 0 Å². The van der Waals surface area contributed by atoms with Gasteiger partial charge in [0.15, 0.2) is 0 Å². The summed E-state index contributed by atoms with van der Waals surface area (Å²) >= 11 is 0. The van der Waals surface area contributed by atoms with Crippen LogP contribution in [0.25, 0.3) is 88.0 Å². The van der Waals surface area contributed by atoms with Gasteiger partial charge in [0.1, 0.15) is 0 Å². The molecule has 0 saturated carbocycles. The predicted molar refractivity (Wildman–Crippen MR) is 261 cm³/mol. The van der Waals surface area contributed by atoms with Crippen molar-refractivity contribution in [3.8, 4) is 55.6 Å². The van der Waals surface area contributed by atoms with Crippen LogP contribution in [0.2, 0.25) is 0 Å². The van der Waals surface area contributed by atoms with Gasteiger partial charge in [-0.25, -0.2) is 0 Å². The molecule has 0 N–H and O–H groups in total. The summed E-state index contributed by atoms with van der Waals surface area (Å²) in [4.78, 5) is 1.37. The monoisotopic (exact) mass is 783 g/mol. The van der Waals surface area contributed by atoms with Gasteiger partial charge in [-0.2, -0.15) is 0 Å². The summed E-state index contributed by atoms with van der Waals surface area (Å²) in [7, 11) is 0. The highest BCUT2D eigenvalue weighted by Crippen LogP contribution is 2.42. The lowest BCUT2D eigenvalue weighted by Crippen LogP contribution is -2.09. The van der Waals surface area contributed by atoms with Gasteiger partial charge in [0.25, 0.3) is 0 Å². The minimum atomic E-state index is -0.401. The van der Waals surface area contributed by atoms with Crippen molar-refractivity contribution < 1.29 is 11.0 Å². The number of anilines is 3. The van der Waals surface area contributed by atoms with Gasteiger partial charge >= 0.3 is 0 Å². The molecule has 11 aromatic rings. The normalized spacial score (nSPS) is 13.1. The molecule has 61 heavy (non-hydrogen) atoms. The van der Waals surface area contributed by atoms with E-state index >= 15 is 0 Å². The van der Waals surface area contributed by atoms with Crippen molar-refractivity contribution in [2.45, 2.75) is 0 Å². The van der Waals surface area contributed by atoms with E-state index in [0.29, 0.717) is 16.8 Å². The zero-order valence-corrected chi connectivity index (χ0v) is 33.0. The van der Waals surface area contributed by atoms with Crippen molar-refractivity contribution in [2.75, 3.05) is 4.90 Å². The van der Waals surface area contributed by atoms with E-state index in [0.717, 1.165) is 65.7 Å². The summed E-state index contributed by atoms with van der Waals surface area (Å²) in [5.74, 6) is 0. The fourth-order valence-corrected chi connectivity index (χ4v) is 8.45. The molecule has 11 rings (SSSR count). The van der Waals surface area contributed by atoms with Gasteiger partial charge in [0, 0.05) is 17.1 Å². The molecule has 0 saturated heterocycles. The summed E-state index contributed by atoms with van der Waals surface area (Å²) in [6.45, 7) is 0. The molecule has 0 unspecified atom stereocenters. The maximum Gasteiger partial charge on any atom is 0.0645 e. The van der Waals surface area contributed by atoms with E-state index < -0.39 is 24.2 Å². The van der Waals surface area contributed by atoms with E-state index in [1.54, 1.807) is 18.2 Å². The molecule has 0 aliphatic carbocycles. The molecule has 286 valence electrons. The summed E-state index contributed by atoms with van der Waals surface area (Å²) in [6, 6.07) is 61.7. The van der Waals surface area contributed by atoms with Gasteiger partial charge in [-0.05, 0) is 136 Å². The summed E-state index contributed by atoms with van der Waals surface area (Å²) in [5, 5.41) is 5.65. The first-order valence-corrected chi connectivity index (χ1v) is 20.4. The molecule has 0 atom stereocenters. The van der Waals surface area contributed by atoms with E-state index in [1.807, 2.05) is 146 Å². The van der Waals surface area contributed by atoms with Crippen LogP contribution in [0.4, 0.5) is 17.1 Å². The van der Waals surface area contributed by atoms with Gasteiger partial charge in [-0.15, -0.1) is 0 Å². The zero-order chi connectivity index (χ0) is 47.5. The van der Waals surface area contributed by atoms with Crippen molar-refractivity contribution in [3.05, 3.63) is 249 Å². The Morgan fingerprint density at radius 2 is 0.787 bits per heavy atom. The number of hydrogen-bond acceptors (Lipinski definition) is 1. The van der Waals surface area contributed by atoms with E-state index in [1.165, 1.54) is 4.90 Å². The Labute approximate surface area is 368 Å². The molecule has 11 aromatic carbocycles. The molecule has 0 aliphatic rings. The van der Waals surface area contributed by atoms with Gasteiger partial charge < -0.3 is 4.90 Å². The quantitative estimate of drug-likeness (QED) is 0.139. The second-order valence-corrected chi connectivity index (χ2v) is 15.0. The largest absolute Gasteiger partial charge is 0.311 e. The van der Waals surface area contributed by atoms with Crippen molar-refractivity contribution in [1.82, 2.24) is 0 Å². The molecule has 0 heterocycles. The highest BCUT2D eigenvalue weighted by Gasteiger charge is 2.17. The third-order valence-electron chi connectivity index (χ3n) is 11.4. The van der Waals surface area contributed by atoms with Gasteiger partial charge in [0.2, 0.25) is 0 Å². The molecule has 0 amide bonds. The molecule has 1 heteroatoms. The van der Waals surface area contributed by atoms with Crippen molar-refractivity contribution >= 4 is 49.4 Å². The van der Waals surface area contributed by atoms with Gasteiger partial charge in [-0.1, -0.05) is 200 Å². The van der Waals surface area contributed by atoms with Gasteiger partial charge in [0.05, 0.1) is 11.0 Å². The van der Waals surface area contributed by atoms with Crippen molar-refractivity contribution in [1.29, 1.82) is 0 Å². The highest BCUT2D eigenvalue weighted by molar-refractivity contribution is 6.14. The zero-order valence-electron chi connectivity index (χ0n) is 41.0. The summed E-state index contributed by atoms with van der Waals surface area (Å²) in [5.41, 5.74) is 6.84. The van der Waals surface area contributed by atoms with Crippen molar-refractivity contribution in [2.24, 2.45) is 0 Å². The standard InChI is InChI=1S/C60H41N/c1-3-14-42(15-4-1)48-20-13-21-49(40-48)43-26-33-51(34-27-43)61(52-35-28-46(29-36-52)59-41-50-19-8-9-22-54(50)57-24-11-12-25-58(57)59)53-37-30-47(31-38-53)60-55-23-10-7-18-45(55)32-39-56(60)44-16-5-2-6-17-44/h1-41H/i26D,27D,28D,29D,33D,34D,35D,36D. The highest BCUT2D eigenvalue weighted by atomic mass is 15.1. The second kappa shape index (κ2) is 15.6. The molecule has 0 bridgehead atoms. The Hall–Kier alpha value is -8.00. The van der Waals surface area contributed by atoms with E-state index in [-0.39, 0.29) is 46.7 Å². The SMILES string of the molecule is [2H]c1c([2H])c(N(c2ccc(-c3c(-c4ccccc4)ccc4ccccc34)cc2)c2c([2H])c([2H])c(-c3cc4ccccc4c4ccccc34)c([2H])c2[2H])c([2H])c([2H])c1-c1cccc(-c2ccccc2)c1. The summed E-state index contributed by atoms with van der Waals surface area (Å²) < 4.78 is 77.4. The summed E-state index contributed by atoms with van der Waals surface area (Å²) in [6.07, 6.45) is 0. The molecule has 0 aromatic heterocycles. The maximum atomic E-state index is 9.80. The van der Waals surface area contributed by atoms with Crippen LogP contribution < -0.4 is 4.90 Å². The Balaban J connectivity index is 1.15. The number of fused-ring (bicyclic) bond motifs is 4. The molecular weight excluding hydrogens is 735 g/mol. The second-order valence-electron chi connectivity index (χ2n) is 15.0. The van der Waals surface area contributed by atoms with E-state index in [9.17, 15) is 11.0 Å². The lowest BCUT2D eigenvalue weighted by molar-refractivity contribution is 1.28. The molecule has 0 spiro atoms. The van der Waals surface area contributed by atoms with Crippen LogP contribution in [0, 0.1) is 0 Å². The number of hydrogen-bond donors (Lipinski definition) is 0. The minimum Gasteiger partial charge on any atom is -0.311 e. The Kier molecular flexibility index (Phi) is 7.29. The Morgan fingerprint density at radius 1 is 0.262 bits per heavy atom. The van der Waals surface area contributed by atoms with Crippen LogP contribution in [-0.4, -0.2) is 0 Å². The smallest absolute Gasteiger partial charge is 0.0645 e. The lowest BCUT2D eigenvalue weighted by atomic mass is 9.89. The fourth-order valence-electron chi connectivity index (χ4n) is 8.45. The number of rotatable bonds is 8. The van der Waals surface area contributed by atoms with E-state index in [4.69, 9.17) is 0 Å². The average molecular weight is 784 g/mol. The Morgan fingerprint density at radius 3 is 1.48 bits per heavy atom. The first-order chi connectivity index (χ1) is 33.6. The lowest BCUT2D eigenvalue weighted by Gasteiger charge is -2.26. The van der Waals surface area contributed by atoms with E-state index in [2.05, 4.69) is 36.4 Å². The number of benzene rings is 11. The average Bonchev–Trinajstić information content (AvgIpc) is 3.40. The predicted octanol–water partition coefficient (Wildman–Crippen LogP) is 17.0. The number of nitrogens with zero attached hydrogens (tertiary/aromatic N) is 1. The molecule has 0 aliphatic heterocycles. The Bertz CT molecular complexity index is 3760. The van der Waals surface area contributed by atoms with Gasteiger partial charge in [-0.3, -0.25) is 0 Å². The molecule has 1 nitrogen and oxygen atoms in total. The maximum absolute atomic E-state index is 9.80. The van der Waals surface area contributed by atoms with Crippen LogP contribution in [0.3, 0.4) is 0 Å².